The summed E-state index contributed by atoms with van der Waals surface area (Å²) in [6.45, 7) is 9.67. The number of aromatic nitrogens is 3. The van der Waals surface area contributed by atoms with E-state index in [2.05, 4.69) is 25.0 Å². The van der Waals surface area contributed by atoms with Gasteiger partial charge in [0.05, 0.1) is 17.7 Å². The van der Waals surface area contributed by atoms with Gasteiger partial charge in [-0.1, -0.05) is 31.9 Å². The molecule has 0 saturated heterocycles. The van der Waals surface area contributed by atoms with Crippen LogP contribution in [0.25, 0.3) is 22.4 Å². The highest BCUT2D eigenvalue weighted by atomic mass is 16.5. The molecule has 0 unspecified atom stereocenters. The predicted molar refractivity (Wildman–Crippen MR) is 106 cm³/mol. The van der Waals surface area contributed by atoms with Gasteiger partial charge in [-0.2, -0.15) is 0 Å². The summed E-state index contributed by atoms with van der Waals surface area (Å²) in [7, 11) is 0. The Morgan fingerprint density at radius 3 is 2.69 bits per heavy atom. The van der Waals surface area contributed by atoms with Gasteiger partial charge in [0.1, 0.15) is 17.1 Å². The van der Waals surface area contributed by atoms with Crippen LogP contribution in [0.5, 0.6) is 5.75 Å². The van der Waals surface area contributed by atoms with E-state index in [0.29, 0.717) is 17.9 Å². The lowest BCUT2D eigenvalue weighted by molar-refractivity contribution is 0.318. The number of benzene rings is 1. The number of fused-ring (bicyclic) bond motifs is 1. The number of rotatable bonds is 7. The number of nitrogens with one attached hydrogen (secondary N) is 1. The number of H-pyrrole nitrogens is 1. The highest BCUT2D eigenvalue weighted by Gasteiger charge is 2.16. The number of aromatic amines is 1. The summed E-state index contributed by atoms with van der Waals surface area (Å²) in [5, 5.41) is 0. The normalized spacial score (nSPS) is 11.2. The van der Waals surface area contributed by atoms with E-state index in [1.165, 1.54) is 0 Å². The van der Waals surface area contributed by atoms with E-state index in [0.717, 1.165) is 53.8 Å². The molecule has 0 aliphatic carbocycles. The Labute approximate surface area is 154 Å². The Balaban J connectivity index is 2.22. The van der Waals surface area contributed by atoms with E-state index in [-0.39, 0.29) is 5.56 Å². The summed E-state index contributed by atoms with van der Waals surface area (Å²) in [5.41, 5.74) is 4.42. The van der Waals surface area contributed by atoms with Crippen LogP contribution in [0.1, 0.15) is 44.7 Å². The van der Waals surface area contributed by atoms with Crippen molar-refractivity contribution in [1.82, 2.24) is 14.5 Å². The first-order chi connectivity index (χ1) is 12.6. The summed E-state index contributed by atoms with van der Waals surface area (Å²) in [6, 6.07) is 5.99. The van der Waals surface area contributed by atoms with Gasteiger partial charge < -0.3 is 14.3 Å². The zero-order valence-electron chi connectivity index (χ0n) is 16.1. The molecule has 0 fully saturated rings. The average Bonchev–Trinajstić information content (AvgIpc) is 2.99. The zero-order chi connectivity index (χ0) is 18.7. The number of ether oxygens (including phenoxy) is 1. The van der Waals surface area contributed by atoms with Gasteiger partial charge in [-0.05, 0) is 44.4 Å². The lowest BCUT2D eigenvalue weighted by Gasteiger charge is -2.12. The van der Waals surface area contributed by atoms with Crippen LogP contribution in [0.3, 0.4) is 0 Å². The maximum absolute atomic E-state index is 12.8. The summed E-state index contributed by atoms with van der Waals surface area (Å²) < 4.78 is 7.87. The molecule has 2 aromatic heterocycles. The van der Waals surface area contributed by atoms with Gasteiger partial charge in [0.25, 0.3) is 5.56 Å². The van der Waals surface area contributed by atoms with Crippen LogP contribution in [0.15, 0.2) is 29.2 Å². The van der Waals surface area contributed by atoms with Crippen molar-refractivity contribution in [3.8, 4) is 17.1 Å². The van der Waals surface area contributed by atoms with Crippen molar-refractivity contribution in [3.05, 3.63) is 45.9 Å². The average molecular weight is 353 g/mol. The maximum Gasteiger partial charge on any atom is 0.275 e. The summed E-state index contributed by atoms with van der Waals surface area (Å²) in [6.07, 6.45) is 4.91. The van der Waals surface area contributed by atoms with Crippen molar-refractivity contribution in [2.24, 2.45) is 0 Å². The molecule has 26 heavy (non-hydrogen) atoms. The van der Waals surface area contributed by atoms with E-state index in [4.69, 9.17) is 9.72 Å². The van der Waals surface area contributed by atoms with Crippen LogP contribution in [-0.4, -0.2) is 21.1 Å². The van der Waals surface area contributed by atoms with Crippen LogP contribution >= 0.6 is 0 Å². The second-order valence-corrected chi connectivity index (χ2v) is 6.65. The van der Waals surface area contributed by atoms with E-state index >= 15 is 0 Å². The van der Waals surface area contributed by atoms with Crippen LogP contribution in [-0.2, 0) is 13.0 Å². The first kappa shape index (κ1) is 18.2. The molecule has 2 heterocycles. The molecule has 0 spiro atoms. The molecule has 3 aromatic rings. The molecule has 0 aliphatic heterocycles. The molecule has 0 aliphatic rings. The first-order valence-electron chi connectivity index (χ1n) is 9.44. The van der Waals surface area contributed by atoms with Crippen LogP contribution in [0, 0.1) is 6.92 Å². The van der Waals surface area contributed by atoms with E-state index in [9.17, 15) is 4.79 Å². The largest absolute Gasteiger partial charge is 0.493 e. The zero-order valence-corrected chi connectivity index (χ0v) is 16.1. The number of hydrogen-bond acceptors (Lipinski definition) is 3. The second kappa shape index (κ2) is 7.77. The Morgan fingerprint density at radius 2 is 2.00 bits per heavy atom. The fourth-order valence-corrected chi connectivity index (χ4v) is 3.27. The second-order valence-electron chi connectivity index (χ2n) is 6.65. The van der Waals surface area contributed by atoms with Gasteiger partial charge in [0.2, 0.25) is 0 Å². The van der Waals surface area contributed by atoms with Crippen molar-refractivity contribution in [3.63, 3.8) is 0 Å². The Hall–Kier alpha value is -2.56. The fraction of sp³-hybridized carbons (Fsp3) is 0.429. The minimum Gasteiger partial charge on any atom is -0.493 e. The molecule has 0 amide bonds. The third-order valence-electron chi connectivity index (χ3n) is 4.51. The van der Waals surface area contributed by atoms with Gasteiger partial charge >= 0.3 is 0 Å². The molecule has 3 rings (SSSR count). The van der Waals surface area contributed by atoms with E-state index < -0.39 is 0 Å². The topological polar surface area (TPSA) is 59.9 Å². The molecular weight excluding hydrogens is 326 g/mol. The molecule has 0 radical (unpaired) electrons. The van der Waals surface area contributed by atoms with Crippen molar-refractivity contribution >= 4 is 11.0 Å². The summed E-state index contributed by atoms with van der Waals surface area (Å²) in [4.78, 5) is 20.6. The van der Waals surface area contributed by atoms with Crippen molar-refractivity contribution in [1.29, 1.82) is 0 Å². The fourth-order valence-electron chi connectivity index (χ4n) is 3.27. The summed E-state index contributed by atoms with van der Waals surface area (Å²) in [5.74, 6) is 1.33. The summed E-state index contributed by atoms with van der Waals surface area (Å²) >= 11 is 0. The van der Waals surface area contributed by atoms with Gasteiger partial charge in [-0.15, -0.1) is 0 Å². The SMILES string of the molecule is CCCOc1ccc(C)cc1-c1nc2c(CCC)cn(CC)c2c(=O)[nH]1. The lowest BCUT2D eigenvalue weighted by atomic mass is 10.1. The molecule has 1 N–H and O–H groups in total. The number of aryl methyl sites for hydroxylation is 3. The Morgan fingerprint density at radius 1 is 1.19 bits per heavy atom. The predicted octanol–water partition coefficient (Wildman–Crippen LogP) is 4.46. The van der Waals surface area contributed by atoms with Crippen LogP contribution in [0.4, 0.5) is 0 Å². The van der Waals surface area contributed by atoms with Crippen LogP contribution < -0.4 is 10.3 Å². The monoisotopic (exact) mass is 353 g/mol. The number of nitrogens with zero attached hydrogens (tertiary/aromatic N) is 2. The molecule has 0 saturated carbocycles. The minimum absolute atomic E-state index is 0.0999. The van der Waals surface area contributed by atoms with Gasteiger partial charge in [-0.3, -0.25) is 4.79 Å². The van der Waals surface area contributed by atoms with Crippen molar-refractivity contribution in [2.45, 2.75) is 53.5 Å². The van der Waals surface area contributed by atoms with E-state index in [1.54, 1.807) is 0 Å². The molecule has 5 heteroatoms. The van der Waals surface area contributed by atoms with Crippen LogP contribution in [0.2, 0.25) is 0 Å². The van der Waals surface area contributed by atoms with Gasteiger partial charge in [0, 0.05) is 12.7 Å². The van der Waals surface area contributed by atoms with Gasteiger partial charge in [-0.25, -0.2) is 4.98 Å². The Bertz CT molecular complexity index is 969. The molecular formula is C21H27N3O2. The number of hydrogen-bond donors (Lipinski definition) is 1. The highest BCUT2D eigenvalue weighted by Crippen LogP contribution is 2.30. The molecule has 5 nitrogen and oxygen atoms in total. The lowest BCUT2D eigenvalue weighted by Crippen LogP contribution is -2.13. The van der Waals surface area contributed by atoms with Gasteiger partial charge in [0.15, 0.2) is 0 Å². The third-order valence-corrected chi connectivity index (χ3v) is 4.51. The molecule has 1 aromatic carbocycles. The maximum atomic E-state index is 12.8. The highest BCUT2D eigenvalue weighted by molar-refractivity contribution is 5.81. The minimum atomic E-state index is -0.0999. The Kier molecular flexibility index (Phi) is 5.45. The van der Waals surface area contributed by atoms with Crippen molar-refractivity contribution in [2.75, 3.05) is 6.61 Å². The molecule has 0 bridgehead atoms. The molecule has 138 valence electrons. The molecule has 0 atom stereocenters. The third kappa shape index (κ3) is 3.39. The standard InChI is InChI=1S/C21H27N3O2/c1-5-8-15-13-24(7-3)19-18(15)22-20(23-21(19)25)16-12-14(4)9-10-17(16)26-11-6-2/h9-10,12-13H,5-8,11H2,1-4H3,(H,22,23,25). The van der Waals surface area contributed by atoms with E-state index in [1.807, 2.05) is 36.6 Å². The quantitative estimate of drug-likeness (QED) is 0.682. The first-order valence-corrected chi connectivity index (χ1v) is 9.44. The smallest absolute Gasteiger partial charge is 0.275 e. The van der Waals surface area contributed by atoms with Crippen molar-refractivity contribution < 1.29 is 4.74 Å².